The Morgan fingerprint density at radius 2 is 0.957 bits per heavy atom. The molecule has 0 amide bonds. The lowest BCUT2D eigenvalue weighted by Gasteiger charge is -2.42. The highest BCUT2D eigenvalue weighted by molar-refractivity contribution is 6.99. The Bertz CT molecular complexity index is 3120. The fourth-order valence-corrected chi connectivity index (χ4v) is 11.1. The monoisotopic (exact) mass is 909 g/mol. The summed E-state index contributed by atoms with van der Waals surface area (Å²) in [6, 6.07) is 51.9. The minimum atomic E-state index is -0.274. The summed E-state index contributed by atoms with van der Waals surface area (Å²) < 4.78 is 7.18. The molecule has 2 heterocycles. The van der Waals surface area contributed by atoms with E-state index in [2.05, 4.69) is 261 Å². The average Bonchev–Trinajstić information content (AvgIpc) is 3.50. The zero-order valence-electron chi connectivity index (χ0n) is 44.6. The molecule has 3 aliphatic rings. The molecule has 0 radical (unpaired) electrons. The molecule has 352 valence electrons. The second kappa shape index (κ2) is 15.5. The molecule has 0 fully saturated rings. The van der Waals surface area contributed by atoms with Gasteiger partial charge < -0.3 is 14.5 Å². The lowest BCUT2D eigenvalue weighted by atomic mass is 9.33. The minimum Gasteiger partial charge on any atom is -0.458 e. The van der Waals surface area contributed by atoms with Crippen LogP contribution in [0.1, 0.15) is 157 Å². The summed E-state index contributed by atoms with van der Waals surface area (Å²) in [4.78, 5) is 5.13. The summed E-state index contributed by atoms with van der Waals surface area (Å²) in [7, 11) is 0. The van der Waals surface area contributed by atoms with Gasteiger partial charge in [-0.25, -0.2) is 0 Å². The normalized spacial score (nSPS) is 14.9. The fourth-order valence-electron chi connectivity index (χ4n) is 11.1. The van der Waals surface area contributed by atoms with Crippen LogP contribution in [-0.2, 0) is 32.5 Å². The summed E-state index contributed by atoms with van der Waals surface area (Å²) in [5.74, 6) is 1.90. The van der Waals surface area contributed by atoms with E-state index in [0.717, 1.165) is 28.6 Å². The number of rotatable bonds is 4. The van der Waals surface area contributed by atoms with E-state index in [1.807, 2.05) is 0 Å². The van der Waals surface area contributed by atoms with Gasteiger partial charge in [-0.1, -0.05) is 190 Å². The first-order chi connectivity index (χ1) is 32.1. The molecule has 7 aromatic carbocycles. The number of benzene rings is 7. The van der Waals surface area contributed by atoms with Gasteiger partial charge >= 0.3 is 0 Å². The molecule has 0 spiro atoms. The molecule has 2 aliphatic heterocycles. The molecule has 1 aliphatic carbocycles. The highest BCUT2D eigenvalue weighted by Gasteiger charge is 2.45. The van der Waals surface area contributed by atoms with Gasteiger partial charge in [0, 0.05) is 39.4 Å². The van der Waals surface area contributed by atoms with Crippen LogP contribution in [0.25, 0.3) is 11.1 Å². The fraction of sp³-hybridized carbons (Fsp3) is 0.354. The molecule has 0 aromatic heterocycles. The van der Waals surface area contributed by atoms with E-state index in [9.17, 15) is 0 Å². The Balaban J connectivity index is 1.31. The molecular formula is C65H73BN2O. The third kappa shape index (κ3) is 7.82. The minimum absolute atomic E-state index is 0.0163. The van der Waals surface area contributed by atoms with E-state index in [-0.39, 0.29) is 39.2 Å². The van der Waals surface area contributed by atoms with Gasteiger partial charge in [-0.2, -0.15) is 0 Å². The summed E-state index contributed by atoms with van der Waals surface area (Å²) in [6.07, 6.45) is 0. The number of hydrogen-bond acceptors (Lipinski definition) is 3. The molecule has 0 saturated heterocycles. The van der Waals surface area contributed by atoms with Crippen LogP contribution in [0.3, 0.4) is 0 Å². The Morgan fingerprint density at radius 3 is 1.51 bits per heavy atom. The van der Waals surface area contributed by atoms with Crippen molar-refractivity contribution in [2.45, 2.75) is 150 Å². The lowest BCUT2D eigenvalue weighted by Crippen LogP contribution is -2.60. The lowest BCUT2D eigenvalue weighted by molar-refractivity contribution is 0.482. The number of ether oxygens (including phenoxy) is 1. The first-order valence-corrected chi connectivity index (χ1v) is 25.4. The van der Waals surface area contributed by atoms with Crippen molar-refractivity contribution in [3.63, 3.8) is 0 Å². The maximum Gasteiger partial charge on any atom is 0.256 e. The van der Waals surface area contributed by atoms with Crippen LogP contribution in [0.15, 0.2) is 133 Å². The van der Waals surface area contributed by atoms with Gasteiger partial charge in [0.1, 0.15) is 11.5 Å². The van der Waals surface area contributed by atoms with Gasteiger partial charge in [0.15, 0.2) is 0 Å². The van der Waals surface area contributed by atoms with Crippen LogP contribution in [0.5, 0.6) is 11.5 Å². The van der Waals surface area contributed by atoms with Crippen LogP contribution in [0, 0.1) is 0 Å². The van der Waals surface area contributed by atoms with E-state index in [1.54, 1.807) is 0 Å². The number of hydrogen-bond donors (Lipinski definition) is 0. The first kappa shape index (κ1) is 46.7. The molecule has 3 nitrogen and oxygen atoms in total. The third-order valence-corrected chi connectivity index (χ3v) is 15.5. The number of nitrogens with zero attached hydrogens (tertiary/aromatic N) is 2. The first-order valence-electron chi connectivity index (χ1n) is 25.4. The van der Waals surface area contributed by atoms with Crippen LogP contribution in [0.4, 0.5) is 34.1 Å². The van der Waals surface area contributed by atoms with Gasteiger partial charge in [0.2, 0.25) is 0 Å². The maximum absolute atomic E-state index is 7.18. The molecule has 10 rings (SSSR count). The van der Waals surface area contributed by atoms with Gasteiger partial charge in [-0.3, -0.25) is 0 Å². The predicted molar refractivity (Wildman–Crippen MR) is 298 cm³/mol. The Labute approximate surface area is 415 Å². The summed E-state index contributed by atoms with van der Waals surface area (Å²) >= 11 is 0. The second-order valence-corrected chi connectivity index (χ2v) is 26.0. The van der Waals surface area contributed by atoms with Crippen molar-refractivity contribution in [2.75, 3.05) is 9.80 Å². The van der Waals surface area contributed by atoms with Gasteiger partial charge in [0.05, 0.1) is 5.69 Å². The van der Waals surface area contributed by atoms with Crippen LogP contribution in [-0.4, -0.2) is 6.71 Å². The summed E-state index contributed by atoms with van der Waals surface area (Å²) in [6.45, 7) is 39.5. The molecule has 0 N–H and O–H groups in total. The van der Waals surface area contributed by atoms with Crippen molar-refractivity contribution in [2.24, 2.45) is 0 Å². The number of anilines is 6. The van der Waals surface area contributed by atoms with E-state index in [1.165, 1.54) is 83.5 Å². The Morgan fingerprint density at radius 1 is 0.449 bits per heavy atom. The molecule has 0 saturated carbocycles. The van der Waals surface area contributed by atoms with Crippen molar-refractivity contribution >= 4 is 57.2 Å². The van der Waals surface area contributed by atoms with Crippen molar-refractivity contribution in [1.29, 1.82) is 0 Å². The molecule has 0 unspecified atom stereocenters. The predicted octanol–water partition coefficient (Wildman–Crippen LogP) is 16.4. The second-order valence-electron chi connectivity index (χ2n) is 26.0. The topological polar surface area (TPSA) is 15.7 Å². The Hall–Kier alpha value is -6.00. The molecule has 0 atom stereocenters. The van der Waals surface area contributed by atoms with Crippen molar-refractivity contribution in [3.05, 3.63) is 172 Å². The molecular weight excluding hydrogens is 836 g/mol. The van der Waals surface area contributed by atoms with Crippen molar-refractivity contribution in [1.82, 2.24) is 0 Å². The molecule has 4 heteroatoms. The smallest absolute Gasteiger partial charge is 0.256 e. The van der Waals surface area contributed by atoms with Crippen molar-refractivity contribution < 1.29 is 4.74 Å². The average molecular weight is 909 g/mol. The van der Waals surface area contributed by atoms with Gasteiger partial charge in [0.25, 0.3) is 6.71 Å². The van der Waals surface area contributed by atoms with Gasteiger partial charge in [-0.15, -0.1) is 0 Å². The molecule has 0 bridgehead atoms. The summed E-state index contributed by atoms with van der Waals surface area (Å²) in [5.41, 5.74) is 22.1. The van der Waals surface area contributed by atoms with Gasteiger partial charge in [-0.05, 0) is 149 Å². The Kier molecular flexibility index (Phi) is 10.5. The van der Waals surface area contributed by atoms with Crippen LogP contribution >= 0.6 is 0 Å². The highest BCUT2D eigenvalue weighted by Crippen LogP contribution is 2.57. The summed E-state index contributed by atoms with van der Waals surface area (Å²) in [5, 5.41) is 0. The number of fused-ring (bicyclic) bond motifs is 7. The van der Waals surface area contributed by atoms with E-state index < -0.39 is 0 Å². The SMILES string of the molecule is CC(C)(C)c1ccc(N(c2ccc(C(C)(C)C)cc2)c2cc(N3c4ccc(C(C)(C)C)cc4B4c5cc(C(C)(C)C)ccc5Oc5cc(C(C)(C)C)cc3c54)cc3c2-c2ccccc2C3(C)C)cc1. The van der Waals surface area contributed by atoms with Crippen LogP contribution < -0.4 is 30.9 Å². The highest BCUT2D eigenvalue weighted by atomic mass is 16.5. The maximum atomic E-state index is 7.18. The van der Waals surface area contributed by atoms with E-state index in [0.29, 0.717) is 0 Å². The van der Waals surface area contributed by atoms with E-state index >= 15 is 0 Å². The van der Waals surface area contributed by atoms with Crippen LogP contribution in [0.2, 0.25) is 0 Å². The largest absolute Gasteiger partial charge is 0.458 e. The van der Waals surface area contributed by atoms with E-state index in [4.69, 9.17) is 4.74 Å². The molecule has 7 aromatic rings. The zero-order valence-corrected chi connectivity index (χ0v) is 44.6. The molecule has 69 heavy (non-hydrogen) atoms. The third-order valence-electron chi connectivity index (χ3n) is 15.5. The zero-order chi connectivity index (χ0) is 49.5. The quantitative estimate of drug-likeness (QED) is 0.164. The standard InChI is InChI=1S/C65H73BN2O/c1-60(2,3)40-22-28-45(29-23-40)67(46-30-24-41(25-31-46)61(4,5)6)54-39-47(38-50-58(54)48-20-18-19-21-49(48)65(50,16)17)68-53-32-26-42(62(7,8)9)34-51(53)66-52-35-43(63(10,11)12)27-33-56(52)69-57-37-44(64(13,14)15)36-55(68)59(57)66/h18-39H,1-17H3. The van der Waals surface area contributed by atoms with Crippen molar-refractivity contribution in [3.8, 4) is 22.6 Å².